The molecular formula is C13H11Cl2NS. The zero-order chi connectivity index (χ0) is 12.3. The van der Waals surface area contributed by atoms with Gasteiger partial charge in [-0.15, -0.1) is 11.6 Å². The van der Waals surface area contributed by atoms with Crippen molar-refractivity contribution in [2.24, 2.45) is 0 Å². The number of alkyl halides is 1. The Balaban J connectivity index is 2.31. The molecule has 2 aromatic rings. The summed E-state index contributed by atoms with van der Waals surface area (Å²) in [4.78, 5) is 2.11. The van der Waals surface area contributed by atoms with Crippen LogP contribution in [0.25, 0.3) is 0 Å². The predicted molar refractivity (Wildman–Crippen MR) is 76.0 cm³/mol. The molecule has 0 aromatic heterocycles. The van der Waals surface area contributed by atoms with Gasteiger partial charge in [0, 0.05) is 26.4 Å². The van der Waals surface area contributed by atoms with Crippen LogP contribution in [0.1, 0.15) is 5.56 Å². The number of benzene rings is 2. The first kappa shape index (κ1) is 12.6. The SMILES string of the molecule is Nc1cc(Cl)ccc1Sc1ccccc1CCl. The Kier molecular flexibility index (Phi) is 4.21. The van der Waals surface area contributed by atoms with Gasteiger partial charge in [-0.3, -0.25) is 0 Å². The van der Waals surface area contributed by atoms with Crippen LogP contribution in [0.5, 0.6) is 0 Å². The minimum absolute atomic E-state index is 0.497. The molecule has 0 amide bonds. The Labute approximate surface area is 115 Å². The van der Waals surface area contributed by atoms with Crippen molar-refractivity contribution in [3.05, 3.63) is 53.1 Å². The third-order valence-electron chi connectivity index (χ3n) is 2.31. The van der Waals surface area contributed by atoms with Crippen molar-refractivity contribution in [1.29, 1.82) is 0 Å². The van der Waals surface area contributed by atoms with Gasteiger partial charge in [0.25, 0.3) is 0 Å². The Hall–Kier alpha value is -0.830. The monoisotopic (exact) mass is 283 g/mol. The Morgan fingerprint density at radius 3 is 2.53 bits per heavy atom. The molecule has 2 rings (SSSR count). The van der Waals surface area contributed by atoms with Crippen LogP contribution in [-0.4, -0.2) is 0 Å². The summed E-state index contributed by atoms with van der Waals surface area (Å²) in [5.74, 6) is 0.497. The number of hydrogen-bond acceptors (Lipinski definition) is 2. The van der Waals surface area contributed by atoms with Crippen LogP contribution in [0.2, 0.25) is 5.02 Å². The van der Waals surface area contributed by atoms with E-state index >= 15 is 0 Å². The first-order valence-corrected chi connectivity index (χ1v) is 6.80. The second-order valence-corrected chi connectivity index (χ2v) is 5.31. The van der Waals surface area contributed by atoms with E-state index in [0.29, 0.717) is 16.6 Å². The van der Waals surface area contributed by atoms with Crippen molar-refractivity contribution < 1.29 is 0 Å². The quantitative estimate of drug-likeness (QED) is 0.646. The van der Waals surface area contributed by atoms with E-state index in [0.717, 1.165) is 15.4 Å². The van der Waals surface area contributed by atoms with Crippen molar-refractivity contribution >= 4 is 40.7 Å². The lowest BCUT2D eigenvalue weighted by Gasteiger charge is -2.08. The predicted octanol–water partition coefficient (Wildman–Crippen LogP) is 4.81. The second kappa shape index (κ2) is 5.67. The number of nitrogen functional groups attached to an aromatic ring is 1. The summed E-state index contributed by atoms with van der Waals surface area (Å²) in [7, 11) is 0. The molecule has 0 saturated heterocycles. The fourth-order valence-corrected chi connectivity index (χ4v) is 2.91. The van der Waals surface area contributed by atoms with Gasteiger partial charge in [-0.1, -0.05) is 41.6 Å². The Bertz CT molecular complexity index is 529. The summed E-state index contributed by atoms with van der Waals surface area (Å²) < 4.78 is 0. The molecule has 4 heteroatoms. The van der Waals surface area contributed by atoms with E-state index in [2.05, 4.69) is 0 Å². The van der Waals surface area contributed by atoms with Crippen LogP contribution in [0.15, 0.2) is 52.3 Å². The lowest BCUT2D eigenvalue weighted by atomic mass is 10.2. The topological polar surface area (TPSA) is 26.0 Å². The van der Waals surface area contributed by atoms with E-state index in [1.807, 2.05) is 36.4 Å². The van der Waals surface area contributed by atoms with Crippen LogP contribution in [-0.2, 0) is 5.88 Å². The van der Waals surface area contributed by atoms with E-state index in [1.165, 1.54) is 0 Å². The molecule has 17 heavy (non-hydrogen) atoms. The van der Waals surface area contributed by atoms with E-state index < -0.39 is 0 Å². The molecule has 0 radical (unpaired) electrons. The summed E-state index contributed by atoms with van der Waals surface area (Å²) in [5.41, 5.74) is 7.71. The fraction of sp³-hybridized carbons (Fsp3) is 0.0769. The molecule has 0 atom stereocenters. The molecular weight excluding hydrogens is 273 g/mol. The van der Waals surface area contributed by atoms with Crippen LogP contribution < -0.4 is 5.73 Å². The van der Waals surface area contributed by atoms with Crippen LogP contribution in [0.4, 0.5) is 5.69 Å². The average Bonchev–Trinajstić information content (AvgIpc) is 2.33. The van der Waals surface area contributed by atoms with Gasteiger partial charge in [-0.05, 0) is 29.8 Å². The summed E-state index contributed by atoms with van der Waals surface area (Å²) in [6.45, 7) is 0. The van der Waals surface area contributed by atoms with Crippen molar-refractivity contribution in [2.45, 2.75) is 15.7 Å². The van der Waals surface area contributed by atoms with Crippen molar-refractivity contribution in [3.63, 3.8) is 0 Å². The average molecular weight is 284 g/mol. The maximum absolute atomic E-state index is 5.92. The minimum atomic E-state index is 0.497. The molecule has 0 fully saturated rings. The van der Waals surface area contributed by atoms with Gasteiger partial charge in [-0.2, -0.15) is 0 Å². The van der Waals surface area contributed by atoms with Gasteiger partial charge in [-0.25, -0.2) is 0 Å². The van der Waals surface area contributed by atoms with Crippen molar-refractivity contribution in [2.75, 3.05) is 5.73 Å². The van der Waals surface area contributed by atoms with Gasteiger partial charge < -0.3 is 5.73 Å². The highest BCUT2D eigenvalue weighted by Gasteiger charge is 2.06. The molecule has 0 unspecified atom stereocenters. The zero-order valence-electron chi connectivity index (χ0n) is 8.99. The zero-order valence-corrected chi connectivity index (χ0v) is 11.3. The standard InChI is InChI=1S/C13H11Cl2NS/c14-8-9-3-1-2-4-12(9)17-13-6-5-10(15)7-11(13)16/h1-7H,8,16H2. The molecule has 2 N–H and O–H groups in total. The van der Waals surface area contributed by atoms with Crippen molar-refractivity contribution in [3.8, 4) is 0 Å². The lowest BCUT2D eigenvalue weighted by molar-refractivity contribution is 1.25. The highest BCUT2D eigenvalue weighted by molar-refractivity contribution is 7.99. The molecule has 0 aliphatic rings. The summed E-state index contributed by atoms with van der Waals surface area (Å²) in [6, 6.07) is 13.5. The molecule has 88 valence electrons. The third kappa shape index (κ3) is 3.09. The van der Waals surface area contributed by atoms with Crippen LogP contribution in [0.3, 0.4) is 0 Å². The summed E-state index contributed by atoms with van der Waals surface area (Å²) in [6.07, 6.45) is 0. The fourth-order valence-electron chi connectivity index (χ4n) is 1.44. The Morgan fingerprint density at radius 1 is 1.06 bits per heavy atom. The third-order valence-corrected chi connectivity index (χ3v) is 4.04. The normalized spacial score (nSPS) is 10.5. The minimum Gasteiger partial charge on any atom is -0.398 e. The smallest absolute Gasteiger partial charge is 0.0485 e. The second-order valence-electron chi connectivity index (χ2n) is 3.53. The lowest BCUT2D eigenvalue weighted by Crippen LogP contribution is -1.89. The molecule has 0 aliphatic carbocycles. The number of anilines is 1. The number of nitrogens with two attached hydrogens (primary N) is 1. The van der Waals surface area contributed by atoms with Gasteiger partial charge in [0.1, 0.15) is 0 Å². The van der Waals surface area contributed by atoms with Crippen LogP contribution >= 0.6 is 35.0 Å². The van der Waals surface area contributed by atoms with Gasteiger partial charge in [0.05, 0.1) is 0 Å². The maximum Gasteiger partial charge on any atom is 0.0485 e. The number of rotatable bonds is 3. The first-order valence-electron chi connectivity index (χ1n) is 5.07. The van der Waals surface area contributed by atoms with Crippen LogP contribution in [0, 0.1) is 0 Å². The highest BCUT2D eigenvalue weighted by Crippen LogP contribution is 2.35. The largest absolute Gasteiger partial charge is 0.398 e. The van der Waals surface area contributed by atoms with E-state index in [-0.39, 0.29) is 0 Å². The van der Waals surface area contributed by atoms with E-state index in [9.17, 15) is 0 Å². The molecule has 2 aromatic carbocycles. The first-order chi connectivity index (χ1) is 8.20. The van der Waals surface area contributed by atoms with Gasteiger partial charge >= 0.3 is 0 Å². The summed E-state index contributed by atoms with van der Waals surface area (Å²) in [5, 5.41) is 0.650. The molecule has 0 spiro atoms. The van der Waals surface area contributed by atoms with Crippen molar-refractivity contribution in [1.82, 2.24) is 0 Å². The molecule has 0 bridgehead atoms. The molecule has 0 heterocycles. The summed E-state index contributed by atoms with van der Waals surface area (Å²) >= 11 is 13.4. The molecule has 0 saturated carbocycles. The number of hydrogen-bond donors (Lipinski definition) is 1. The molecule has 0 aliphatic heterocycles. The van der Waals surface area contributed by atoms with Gasteiger partial charge in [0.15, 0.2) is 0 Å². The highest BCUT2D eigenvalue weighted by atomic mass is 35.5. The van der Waals surface area contributed by atoms with E-state index in [1.54, 1.807) is 17.8 Å². The maximum atomic E-state index is 5.92. The number of halogens is 2. The Morgan fingerprint density at radius 2 is 1.82 bits per heavy atom. The van der Waals surface area contributed by atoms with Gasteiger partial charge in [0.2, 0.25) is 0 Å². The van der Waals surface area contributed by atoms with E-state index in [4.69, 9.17) is 28.9 Å². The molecule has 1 nitrogen and oxygen atoms in total.